The van der Waals surface area contributed by atoms with Crippen LogP contribution in [0.25, 0.3) is 0 Å². The molecule has 0 saturated carbocycles. The van der Waals surface area contributed by atoms with Gasteiger partial charge in [0.2, 0.25) is 0 Å². The first-order valence-corrected chi connectivity index (χ1v) is 6.67. The largest absolute Gasteiger partial charge is 0.465 e. The van der Waals surface area contributed by atoms with Crippen LogP contribution < -0.4 is 0 Å². The SMILES string of the molecule is CCOC(=O)C(C#N)C[Si+](C)C. The molecule has 0 heterocycles. The van der Waals surface area contributed by atoms with Crippen LogP contribution in [-0.4, -0.2) is 21.4 Å². The van der Waals surface area contributed by atoms with E-state index in [2.05, 4.69) is 13.1 Å². The maximum atomic E-state index is 11.1. The van der Waals surface area contributed by atoms with Crippen LogP contribution in [0.3, 0.4) is 0 Å². The number of ether oxygens (including phenoxy) is 1. The molecule has 1 atom stereocenters. The molecule has 0 saturated heterocycles. The fourth-order valence-electron chi connectivity index (χ4n) is 0.833. The lowest BCUT2D eigenvalue weighted by atomic mass is 10.2. The standard InChI is InChI=1S/C8H14NO2Si/c1-4-11-8(10)7(5-9)6-12(2)3/h7H,4,6H2,1-3H3/q+1. The van der Waals surface area contributed by atoms with Crippen LogP contribution >= 0.6 is 0 Å². The normalized spacial score (nSPS) is 11.5. The molecule has 0 bridgehead atoms. The molecule has 0 aromatic rings. The van der Waals surface area contributed by atoms with Crippen LogP contribution in [0, 0.1) is 17.2 Å². The number of hydrogen-bond acceptors (Lipinski definition) is 3. The van der Waals surface area contributed by atoms with Crippen molar-refractivity contribution in [2.24, 2.45) is 5.92 Å². The van der Waals surface area contributed by atoms with E-state index in [0.29, 0.717) is 12.7 Å². The van der Waals surface area contributed by atoms with E-state index in [9.17, 15) is 4.79 Å². The minimum Gasteiger partial charge on any atom is -0.465 e. The Morgan fingerprint density at radius 2 is 2.25 bits per heavy atom. The van der Waals surface area contributed by atoms with Gasteiger partial charge in [-0.15, -0.1) is 0 Å². The van der Waals surface area contributed by atoms with Crippen molar-refractivity contribution in [1.29, 1.82) is 5.26 Å². The second kappa shape index (κ2) is 5.78. The molecule has 1 unspecified atom stereocenters. The molecule has 3 nitrogen and oxygen atoms in total. The molecule has 4 heteroatoms. The zero-order valence-electron chi connectivity index (χ0n) is 7.76. The van der Waals surface area contributed by atoms with Crippen LogP contribution in [0.15, 0.2) is 0 Å². The van der Waals surface area contributed by atoms with Crippen LogP contribution in [0.1, 0.15) is 6.92 Å². The molecular weight excluding hydrogens is 170 g/mol. The van der Waals surface area contributed by atoms with E-state index in [4.69, 9.17) is 10.00 Å². The second-order valence-corrected chi connectivity index (χ2v) is 5.67. The van der Waals surface area contributed by atoms with Crippen molar-refractivity contribution in [1.82, 2.24) is 0 Å². The average molecular weight is 184 g/mol. The van der Waals surface area contributed by atoms with Gasteiger partial charge < -0.3 is 4.74 Å². The van der Waals surface area contributed by atoms with Gasteiger partial charge in [0.25, 0.3) is 0 Å². The topological polar surface area (TPSA) is 50.1 Å². The highest BCUT2D eigenvalue weighted by molar-refractivity contribution is 6.56. The van der Waals surface area contributed by atoms with Gasteiger partial charge in [-0.1, -0.05) is 0 Å². The third kappa shape index (κ3) is 4.14. The fourth-order valence-corrected chi connectivity index (χ4v) is 1.91. The van der Waals surface area contributed by atoms with Gasteiger partial charge in [-0.05, 0) is 6.92 Å². The van der Waals surface area contributed by atoms with Gasteiger partial charge in [-0.3, -0.25) is 4.79 Å². The number of hydrogen-bond donors (Lipinski definition) is 0. The molecule has 66 valence electrons. The summed E-state index contributed by atoms with van der Waals surface area (Å²) in [6.45, 7) is 6.26. The summed E-state index contributed by atoms with van der Waals surface area (Å²) in [6.07, 6.45) is 0. The summed E-state index contributed by atoms with van der Waals surface area (Å²) < 4.78 is 4.75. The maximum Gasteiger partial charge on any atom is 0.326 e. The molecule has 0 aliphatic carbocycles. The minimum absolute atomic E-state index is 0.354. The molecule has 0 rings (SSSR count). The van der Waals surface area contributed by atoms with Crippen LogP contribution in [-0.2, 0) is 9.53 Å². The van der Waals surface area contributed by atoms with Gasteiger partial charge in [0.05, 0.1) is 31.8 Å². The second-order valence-electron chi connectivity index (χ2n) is 2.84. The lowest BCUT2D eigenvalue weighted by molar-refractivity contribution is -0.145. The smallest absolute Gasteiger partial charge is 0.326 e. The van der Waals surface area contributed by atoms with E-state index in [1.165, 1.54) is 0 Å². The molecule has 0 aromatic heterocycles. The molecule has 0 fully saturated rings. The first-order chi connectivity index (χ1) is 5.61. The Morgan fingerprint density at radius 1 is 1.67 bits per heavy atom. The first-order valence-electron chi connectivity index (χ1n) is 3.97. The van der Waals surface area contributed by atoms with Crippen molar-refractivity contribution in [3.05, 3.63) is 0 Å². The summed E-state index contributed by atoms with van der Waals surface area (Å²) in [5.74, 6) is -0.917. The maximum absolute atomic E-state index is 11.1. The third-order valence-electron chi connectivity index (χ3n) is 1.34. The quantitative estimate of drug-likeness (QED) is 0.490. The van der Waals surface area contributed by atoms with Crippen molar-refractivity contribution in [2.45, 2.75) is 26.1 Å². The Balaban J connectivity index is 3.99. The summed E-state index contributed by atoms with van der Waals surface area (Å²) in [6, 6.07) is 2.65. The summed E-state index contributed by atoms with van der Waals surface area (Å²) >= 11 is 0. The van der Waals surface area contributed by atoms with Crippen LogP contribution in [0.5, 0.6) is 0 Å². The third-order valence-corrected chi connectivity index (χ3v) is 2.56. The van der Waals surface area contributed by atoms with Crippen molar-refractivity contribution >= 4 is 14.8 Å². The van der Waals surface area contributed by atoms with Crippen molar-refractivity contribution < 1.29 is 9.53 Å². The number of nitrogens with zero attached hydrogens (tertiary/aromatic N) is 1. The summed E-state index contributed by atoms with van der Waals surface area (Å²) in [5.41, 5.74) is 0. The summed E-state index contributed by atoms with van der Waals surface area (Å²) in [5, 5.41) is 8.64. The predicted molar refractivity (Wildman–Crippen MR) is 48.0 cm³/mol. The van der Waals surface area contributed by atoms with E-state index in [1.807, 2.05) is 6.07 Å². The first kappa shape index (κ1) is 11.2. The number of nitriles is 1. The van der Waals surface area contributed by atoms with E-state index >= 15 is 0 Å². The van der Waals surface area contributed by atoms with E-state index in [1.54, 1.807) is 6.92 Å². The number of carbonyl (C=O) groups is 1. The molecule has 0 radical (unpaired) electrons. The van der Waals surface area contributed by atoms with Crippen molar-refractivity contribution in [2.75, 3.05) is 6.61 Å². The highest BCUT2D eigenvalue weighted by Crippen LogP contribution is 2.08. The van der Waals surface area contributed by atoms with Crippen molar-refractivity contribution in [3.63, 3.8) is 0 Å². The number of esters is 1. The lowest BCUT2D eigenvalue weighted by Gasteiger charge is -2.03. The van der Waals surface area contributed by atoms with Gasteiger partial charge in [0.15, 0.2) is 5.92 Å². The van der Waals surface area contributed by atoms with Gasteiger partial charge in [-0.25, -0.2) is 0 Å². The Labute approximate surface area is 74.9 Å². The lowest BCUT2D eigenvalue weighted by Crippen LogP contribution is -2.20. The summed E-state index contributed by atoms with van der Waals surface area (Å²) in [7, 11) is -0.531. The van der Waals surface area contributed by atoms with Gasteiger partial charge >= 0.3 is 14.8 Å². The molecule has 0 aliphatic rings. The molecule has 0 N–H and O–H groups in total. The monoisotopic (exact) mass is 184 g/mol. The molecular formula is C8H14NO2Si+. The van der Waals surface area contributed by atoms with E-state index < -0.39 is 14.7 Å². The molecule has 12 heavy (non-hydrogen) atoms. The zero-order chi connectivity index (χ0) is 9.56. The predicted octanol–water partition coefficient (Wildman–Crippen LogP) is 1.44. The summed E-state index contributed by atoms with van der Waals surface area (Å²) in [4.78, 5) is 11.1. The highest BCUT2D eigenvalue weighted by Gasteiger charge is 2.27. The number of carbonyl (C=O) groups excluding carboxylic acids is 1. The fraction of sp³-hybridized carbons (Fsp3) is 0.750. The zero-order valence-corrected chi connectivity index (χ0v) is 8.76. The Bertz CT molecular complexity index is 186. The van der Waals surface area contributed by atoms with Crippen LogP contribution in [0.4, 0.5) is 0 Å². The van der Waals surface area contributed by atoms with E-state index in [0.717, 1.165) is 0 Å². The molecule has 0 amide bonds. The minimum atomic E-state index is -0.547. The van der Waals surface area contributed by atoms with Gasteiger partial charge in [0, 0.05) is 0 Å². The Hall–Kier alpha value is -0.823. The molecule has 0 aromatic carbocycles. The van der Waals surface area contributed by atoms with Crippen LogP contribution in [0.2, 0.25) is 19.1 Å². The van der Waals surface area contributed by atoms with Crippen molar-refractivity contribution in [3.8, 4) is 6.07 Å². The highest BCUT2D eigenvalue weighted by atomic mass is 28.3. The van der Waals surface area contributed by atoms with Gasteiger partial charge in [-0.2, -0.15) is 5.26 Å². The van der Waals surface area contributed by atoms with Gasteiger partial charge in [0.1, 0.15) is 0 Å². The number of rotatable bonds is 4. The Morgan fingerprint density at radius 3 is 2.58 bits per heavy atom. The molecule has 0 spiro atoms. The Kier molecular flexibility index (Phi) is 5.38. The van der Waals surface area contributed by atoms with E-state index in [-0.39, 0.29) is 5.97 Å². The average Bonchev–Trinajstić information content (AvgIpc) is 2.00. The molecule has 0 aliphatic heterocycles.